The molecular weight excluding hydrogens is 255 g/mol. The van der Waals surface area contributed by atoms with Gasteiger partial charge in [-0.05, 0) is 30.5 Å². The first-order chi connectivity index (χ1) is 9.24. The molecule has 19 heavy (non-hydrogen) atoms. The minimum atomic E-state index is -0.0533. The van der Waals surface area contributed by atoms with Gasteiger partial charge in [0, 0.05) is 6.61 Å². The van der Waals surface area contributed by atoms with Crippen LogP contribution in [-0.4, -0.2) is 11.7 Å². The van der Waals surface area contributed by atoms with E-state index >= 15 is 0 Å². The summed E-state index contributed by atoms with van der Waals surface area (Å²) in [6.45, 7) is 3.98. The SMILES string of the molecule is CCO.Cc1ccccc1C(P=O)c1ccccc1. The molecule has 1 atom stereocenters. The molecule has 0 aliphatic rings. The zero-order chi connectivity index (χ0) is 14.1. The summed E-state index contributed by atoms with van der Waals surface area (Å²) in [7, 11) is 0.145. The van der Waals surface area contributed by atoms with Gasteiger partial charge in [0.1, 0.15) is 0 Å². The Morgan fingerprint density at radius 1 is 1.05 bits per heavy atom. The molecule has 3 heteroatoms. The van der Waals surface area contributed by atoms with Gasteiger partial charge in [0.15, 0.2) is 8.46 Å². The maximum atomic E-state index is 11.4. The van der Waals surface area contributed by atoms with Crippen LogP contribution in [-0.2, 0) is 4.57 Å². The summed E-state index contributed by atoms with van der Waals surface area (Å²) >= 11 is 0. The van der Waals surface area contributed by atoms with Crippen molar-refractivity contribution in [1.82, 2.24) is 0 Å². The van der Waals surface area contributed by atoms with Crippen LogP contribution in [0.5, 0.6) is 0 Å². The van der Waals surface area contributed by atoms with E-state index in [1.165, 1.54) is 5.56 Å². The lowest BCUT2D eigenvalue weighted by molar-refractivity contribution is 0.318. The first-order valence-corrected chi connectivity index (χ1v) is 7.16. The number of rotatable bonds is 3. The van der Waals surface area contributed by atoms with Gasteiger partial charge in [0.05, 0.1) is 5.66 Å². The van der Waals surface area contributed by atoms with Crippen molar-refractivity contribution in [3.8, 4) is 0 Å². The van der Waals surface area contributed by atoms with Crippen LogP contribution < -0.4 is 0 Å². The van der Waals surface area contributed by atoms with Crippen LogP contribution in [0.25, 0.3) is 0 Å². The largest absolute Gasteiger partial charge is 0.397 e. The molecule has 2 nitrogen and oxygen atoms in total. The fraction of sp³-hybridized carbons (Fsp3) is 0.250. The number of hydrogen-bond acceptors (Lipinski definition) is 2. The number of hydrogen-bond donors (Lipinski definition) is 1. The molecule has 0 saturated heterocycles. The third kappa shape index (κ3) is 4.59. The van der Waals surface area contributed by atoms with E-state index < -0.39 is 0 Å². The van der Waals surface area contributed by atoms with Crippen LogP contribution in [0.4, 0.5) is 0 Å². The summed E-state index contributed by atoms with van der Waals surface area (Å²) in [6.07, 6.45) is 0. The Labute approximate surface area is 116 Å². The monoisotopic (exact) mass is 274 g/mol. The summed E-state index contributed by atoms with van der Waals surface area (Å²) in [6, 6.07) is 18.0. The van der Waals surface area contributed by atoms with Gasteiger partial charge in [-0.2, -0.15) is 0 Å². The molecule has 2 aromatic carbocycles. The molecule has 1 N–H and O–H groups in total. The zero-order valence-corrected chi connectivity index (χ0v) is 12.2. The second-order valence-electron chi connectivity index (χ2n) is 4.09. The number of aryl methyl sites for hydroxylation is 1. The average Bonchev–Trinajstić information content (AvgIpc) is 2.44. The molecule has 0 spiro atoms. The van der Waals surface area contributed by atoms with Crippen molar-refractivity contribution >= 4 is 8.46 Å². The highest BCUT2D eigenvalue weighted by atomic mass is 31.1. The third-order valence-electron chi connectivity index (χ3n) is 2.70. The second-order valence-corrected chi connectivity index (χ2v) is 4.82. The topological polar surface area (TPSA) is 37.3 Å². The lowest BCUT2D eigenvalue weighted by Gasteiger charge is -2.12. The van der Waals surface area contributed by atoms with Gasteiger partial charge in [-0.3, -0.25) is 4.57 Å². The van der Waals surface area contributed by atoms with Gasteiger partial charge in [-0.1, -0.05) is 54.6 Å². The van der Waals surface area contributed by atoms with Crippen LogP contribution in [0.2, 0.25) is 0 Å². The highest BCUT2D eigenvalue weighted by Gasteiger charge is 2.15. The Bertz CT molecular complexity index is 497. The van der Waals surface area contributed by atoms with E-state index in [1.54, 1.807) is 6.92 Å². The summed E-state index contributed by atoms with van der Waals surface area (Å²) in [5.41, 5.74) is 3.35. The summed E-state index contributed by atoms with van der Waals surface area (Å²) < 4.78 is 11.4. The maximum absolute atomic E-state index is 11.4. The van der Waals surface area contributed by atoms with E-state index in [-0.39, 0.29) is 20.7 Å². The van der Waals surface area contributed by atoms with Crippen molar-refractivity contribution in [2.45, 2.75) is 19.5 Å². The van der Waals surface area contributed by atoms with Gasteiger partial charge in [0.25, 0.3) is 0 Å². The standard InChI is InChI=1S/C14H13OP.C2H6O/c1-11-7-5-6-10-13(11)14(16-15)12-8-3-2-4-9-12;1-2-3/h2-10,14H,1H3;3H,2H2,1H3. The lowest BCUT2D eigenvalue weighted by Crippen LogP contribution is -1.95. The van der Waals surface area contributed by atoms with E-state index in [2.05, 4.69) is 13.0 Å². The van der Waals surface area contributed by atoms with E-state index in [0.29, 0.717) is 0 Å². The first-order valence-electron chi connectivity index (χ1n) is 6.28. The predicted molar refractivity (Wildman–Crippen MR) is 79.8 cm³/mol. The minimum absolute atomic E-state index is 0.0533. The van der Waals surface area contributed by atoms with Crippen molar-refractivity contribution in [3.63, 3.8) is 0 Å². The van der Waals surface area contributed by atoms with Crippen LogP contribution in [0.3, 0.4) is 0 Å². The quantitative estimate of drug-likeness (QED) is 0.843. The Kier molecular flexibility index (Phi) is 7.02. The molecule has 0 aliphatic carbocycles. The second kappa shape index (κ2) is 8.58. The van der Waals surface area contributed by atoms with E-state index in [0.717, 1.165) is 11.1 Å². The van der Waals surface area contributed by atoms with Gasteiger partial charge in [-0.15, -0.1) is 0 Å². The van der Waals surface area contributed by atoms with Crippen molar-refractivity contribution < 1.29 is 9.67 Å². The maximum Gasteiger partial charge on any atom is 0.168 e. The molecule has 2 aromatic rings. The Hall–Kier alpha value is -1.50. The average molecular weight is 274 g/mol. The molecule has 100 valence electrons. The smallest absolute Gasteiger partial charge is 0.168 e. The molecule has 0 radical (unpaired) electrons. The zero-order valence-electron chi connectivity index (χ0n) is 11.3. The van der Waals surface area contributed by atoms with Crippen molar-refractivity contribution in [3.05, 3.63) is 71.3 Å². The molecule has 0 bridgehead atoms. The van der Waals surface area contributed by atoms with Gasteiger partial charge in [0.2, 0.25) is 0 Å². The summed E-state index contributed by atoms with van der Waals surface area (Å²) in [4.78, 5) is 0. The molecule has 0 aliphatic heterocycles. The molecule has 2 rings (SSSR count). The number of aliphatic hydroxyl groups is 1. The molecule has 0 fully saturated rings. The predicted octanol–water partition coefficient (Wildman–Crippen LogP) is 4.37. The highest BCUT2D eigenvalue weighted by molar-refractivity contribution is 7.24. The molecule has 0 saturated carbocycles. The molecule has 0 heterocycles. The first kappa shape index (κ1) is 15.6. The fourth-order valence-electron chi connectivity index (χ4n) is 1.83. The number of aliphatic hydroxyl groups excluding tert-OH is 1. The minimum Gasteiger partial charge on any atom is -0.397 e. The Morgan fingerprint density at radius 2 is 1.58 bits per heavy atom. The van der Waals surface area contributed by atoms with Crippen LogP contribution >= 0.6 is 8.46 Å². The van der Waals surface area contributed by atoms with E-state index in [9.17, 15) is 4.57 Å². The number of benzene rings is 2. The highest BCUT2D eigenvalue weighted by Crippen LogP contribution is 2.35. The van der Waals surface area contributed by atoms with E-state index in [1.807, 2.05) is 48.5 Å². The normalized spacial score (nSPS) is 11.5. The Balaban J connectivity index is 0.000000550. The van der Waals surface area contributed by atoms with Crippen molar-refractivity contribution in [2.75, 3.05) is 6.61 Å². The summed E-state index contributed by atoms with van der Waals surface area (Å²) in [5, 5.41) is 7.57. The van der Waals surface area contributed by atoms with Crippen LogP contribution in [0, 0.1) is 6.92 Å². The van der Waals surface area contributed by atoms with Crippen LogP contribution in [0.1, 0.15) is 29.3 Å². The van der Waals surface area contributed by atoms with Gasteiger partial charge >= 0.3 is 0 Å². The van der Waals surface area contributed by atoms with Gasteiger partial charge in [-0.25, -0.2) is 0 Å². The lowest BCUT2D eigenvalue weighted by atomic mass is 10.0. The van der Waals surface area contributed by atoms with Crippen molar-refractivity contribution in [2.24, 2.45) is 0 Å². The molecular formula is C16H19O2P. The van der Waals surface area contributed by atoms with Crippen LogP contribution in [0.15, 0.2) is 54.6 Å². The fourth-order valence-corrected chi connectivity index (χ4v) is 2.52. The summed E-state index contributed by atoms with van der Waals surface area (Å²) in [5.74, 6) is 0. The molecule has 0 amide bonds. The third-order valence-corrected chi connectivity index (χ3v) is 3.49. The van der Waals surface area contributed by atoms with E-state index in [4.69, 9.17) is 5.11 Å². The van der Waals surface area contributed by atoms with Gasteiger partial charge < -0.3 is 5.11 Å². The molecule has 1 unspecified atom stereocenters. The van der Waals surface area contributed by atoms with Crippen molar-refractivity contribution in [1.29, 1.82) is 0 Å². The molecule has 0 aromatic heterocycles. The Morgan fingerprint density at radius 3 is 2.11 bits per heavy atom.